The van der Waals surface area contributed by atoms with Gasteiger partial charge in [0.15, 0.2) is 0 Å². The topological polar surface area (TPSA) is 38.8 Å². The molecule has 0 aromatic rings. The SMILES string of the molecule is O=C(P)OCC1CO1. The standard InChI is InChI=1S/C4H7O3P/c5-4(8)7-2-3-1-6-3/h3H,1-2,8H2. The lowest BCUT2D eigenvalue weighted by Gasteiger charge is -1.93. The van der Waals surface area contributed by atoms with Gasteiger partial charge in [0.25, 0.3) is 0 Å². The molecule has 1 heterocycles. The number of epoxide rings is 1. The van der Waals surface area contributed by atoms with Crippen LogP contribution in [0.25, 0.3) is 0 Å². The van der Waals surface area contributed by atoms with Gasteiger partial charge in [-0.2, -0.15) is 0 Å². The smallest absolute Gasteiger partial charge is 0.319 e. The first-order valence-corrected chi connectivity index (χ1v) is 2.90. The third-order valence-electron chi connectivity index (χ3n) is 0.814. The van der Waals surface area contributed by atoms with Crippen LogP contribution in [0, 0.1) is 0 Å². The van der Waals surface area contributed by atoms with E-state index in [9.17, 15) is 4.79 Å². The third kappa shape index (κ3) is 2.24. The molecule has 1 aliphatic rings. The molecule has 3 nitrogen and oxygen atoms in total. The molecule has 8 heavy (non-hydrogen) atoms. The van der Waals surface area contributed by atoms with Gasteiger partial charge in [-0.3, -0.25) is 0 Å². The first kappa shape index (κ1) is 5.99. The third-order valence-corrected chi connectivity index (χ3v) is 0.981. The van der Waals surface area contributed by atoms with Crippen molar-refractivity contribution in [3.05, 3.63) is 0 Å². The first-order valence-electron chi connectivity index (χ1n) is 2.33. The minimum Gasteiger partial charge on any atom is -0.460 e. The summed E-state index contributed by atoms with van der Waals surface area (Å²) in [5, 5.41) is 0. The molecule has 46 valence electrons. The summed E-state index contributed by atoms with van der Waals surface area (Å²) in [6.07, 6.45) is 0.180. The number of ether oxygens (including phenoxy) is 2. The average molecular weight is 134 g/mol. The van der Waals surface area contributed by atoms with E-state index in [1.54, 1.807) is 0 Å². The van der Waals surface area contributed by atoms with Crippen molar-refractivity contribution in [1.82, 2.24) is 0 Å². The highest BCUT2D eigenvalue weighted by atomic mass is 31.0. The summed E-state index contributed by atoms with van der Waals surface area (Å²) < 4.78 is 9.34. The van der Waals surface area contributed by atoms with Crippen molar-refractivity contribution in [3.8, 4) is 0 Å². The minimum absolute atomic E-state index is 0.180. The molecular weight excluding hydrogens is 127 g/mol. The quantitative estimate of drug-likeness (QED) is 0.405. The van der Waals surface area contributed by atoms with Crippen molar-refractivity contribution in [2.45, 2.75) is 6.10 Å². The second-order valence-electron chi connectivity index (χ2n) is 1.59. The number of carbonyl (C=O) groups excluding carboxylic acids is 1. The molecule has 4 heteroatoms. The molecule has 0 spiro atoms. The Labute approximate surface area is 49.5 Å². The van der Waals surface area contributed by atoms with Crippen molar-refractivity contribution in [1.29, 1.82) is 0 Å². The van der Waals surface area contributed by atoms with Gasteiger partial charge in [0.2, 0.25) is 0 Å². The molecule has 1 saturated heterocycles. The molecule has 2 unspecified atom stereocenters. The van der Waals surface area contributed by atoms with Gasteiger partial charge in [0, 0.05) is 0 Å². The lowest BCUT2D eigenvalue weighted by molar-refractivity contribution is 0.163. The fourth-order valence-electron chi connectivity index (χ4n) is 0.339. The number of carbonyl (C=O) groups is 1. The fraction of sp³-hybridized carbons (Fsp3) is 0.750. The maximum absolute atomic E-state index is 10.1. The van der Waals surface area contributed by atoms with Crippen LogP contribution in [0.15, 0.2) is 0 Å². The Morgan fingerprint density at radius 1 is 2.00 bits per heavy atom. The molecule has 0 aromatic carbocycles. The Kier molecular flexibility index (Phi) is 1.81. The van der Waals surface area contributed by atoms with Crippen molar-refractivity contribution >= 4 is 15.0 Å². The Morgan fingerprint density at radius 2 is 2.62 bits per heavy atom. The normalized spacial score (nSPS) is 24.9. The van der Waals surface area contributed by atoms with Gasteiger partial charge >= 0.3 is 5.71 Å². The van der Waals surface area contributed by atoms with Crippen molar-refractivity contribution in [2.24, 2.45) is 0 Å². The summed E-state index contributed by atoms with van der Waals surface area (Å²) in [5.41, 5.74) is -0.319. The molecular formula is C4H7O3P. The summed E-state index contributed by atoms with van der Waals surface area (Å²) in [7, 11) is 1.93. The second-order valence-corrected chi connectivity index (χ2v) is 2.06. The number of hydrogen-bond donors (Lipinski definition) is 0. The van der Waals surface area contributed by atoms with Crippen LogP contribution in [0.2, 0.25) is 0 Å². The maximum Gasteiger partial charge on any atom is 0.319 e. The predicted molar refractivity (Wildman–Crippen MR) is 30.8 cm³/mol. The zero-order chi connectivity index (χ0) is 5.98. The molecule has 0 N–H and O–H groups in total. The highest BCUT2D eigenvalue weighted by molar-refractivity contribution is 7.39. The summed E-state index contributed by atoms with van der Waals surface area (Å²) in [6.45, 7) is 1.14. The van der Waals surface area contributed by atoms with Gasteiger partial charge < -0.3 is 9.47 Å². The molecule has 1 fully saturated rings. The van der Waals surface area contributed by atoms with E-state index in [4.69, 9.17) is 4.74 Å². The van der Waals surface area contributed by atoms with E-state index in [-0.39, 0.29) is 11.8 Å². The number of rotatable bonds is 2. The van der Waals surface area contributed by atoms with Gasteiger partial charge in [0.1, 0.15) is 12.7 Å². The van der Waals surface area contributed by atoms with E-state index in [0.717, 1.165) is 6.61 Å². The van der Waals surface area contributed by atoms with Gasteiger partial charge in [-0.1, -0.05) is 0 Å². The van der Waals surface area contributed by atoms with Crippen LogP contribution < -0.4 is 0 Å². The lowest BCUT2D eigenvalue weighted by atomic mass is 10.5. The molecule has 0 saturated carbocycles. The Morgan fingerprint density at radius 3 is 3.00 bits per heavy atom. The Bertz CT molecular complexity index is 99.5. The molecule has 0 amide bonds. The van der Waals surface area contributed by atoms with E-state index in [1.807, 2.05) is 9.24 Å². The van der Waals surface area contributed by atoms with Crippen LogP contribution in [0.1, 0.15) is 0 Å². The number of hydrogen-bond acceptors (Lipinski definition) is 3. The van der Waals surface area contributed by atoms with Crippen LogP contribution >= 0.6 is 9.24 Å². The second kappa shape index (κ2) is 2.42. The maximum atomic E-state index is 10.1. The average Bonchev–Trinajstić information content (AvgIpc) is 2.41. The molecule has 0 aliphatic carbocycles. The van der Waals surface area contributed by atoms with Crippen LogP contribution in [0.4, 0.5) is 4.79 Å². The summed E-state index contributed by atoms with van der Waals surface area (Å²) in [6, 6.07) is 0. The van der Waals surface area contributed by atoms with Crippen molar-refractivity contribution in [3.63, 3.8) is 0 Å². The van der Waals surface area contributed by atoms with Crippen LogP contribution in [-0.2, 0) is 9.47 Å². The predicted octanol–water partition coefficient (Wildman–Crippen LogP) is 0.397. The summed E-state index contributed by atoms with van der Waals surface area (Å²) >= 11 is 0. The van der Waals surface area contributed by atoms with E-state index in [0.29, 0.717) is 6.61 Å². The molecule has 0 radical (unpaired) electrons. The van der Waals surface area contributed by atoms with Crippen LogP contribution in [0.3, 0.4) is 0 Å². The lowest BCUT2D eigenvalue weighted by Crippen LogP contribution is -2.01. The molecule has 1 rings (SSSR count). The Hall–Kier alpha value is -0.140. The van der Waals surface area contributed by atoms with Crippen LogP contribution in [-0.4, -0.2) is 25.0 Å². The van der Waals surface area contributed by atoms with Gasteiger partial charge in [0.05, 0.1) is 6.61 Å². The highest BCUT2D eigenvalue weighted by Crippen LogP contribution is 2.09. The van der Waals surface area contributed by atoms with Crippen molar-refractivity contribution < 1.29 is 14.3 Å². The van der Waals surface area contributed by atoms with Gasteiger partial charge in [-0.25, -0.2) is 4.79 Å². The largest absolute Gasteiger partial charge is 0.460 e. The van der Waals surface area contributed by atoms with Crippen molar-refractivity contribution in [2.75, 3.05) is 13.2 Å². The van der Waals surface area contributed by atoms with Gasteiger partial charge in [-0.05, 0) is 9.24 Å². The van der Waals surface area contributed by atoms with Gasteiger partial charge in [-0.15, -0.1) is 0 Å². The van der Waals surface area contributed by atoms with E-state index >= 15 is 0 Å². The fourth-order valence-corrected chi connectivity index (χ4v) is 0.436. The van der Waals surface area contributed by atoms with E-state index in [1.165, 1.54) is 0 Å². The first-order chi connectivity index (χ1) is 3.79. The van der Waals surface area contributed by atoms with E-state index < -0.39 is 0 Å². The molecule has 2 atom stereocenters. The molecule has 0 bridgehead atoms. The monoisotopic (exact) mass is 134 g/mol. The zero-order valence-corrected chi connectivity index (χ0v) is 5.45. The van der Waals surface area contributed by atoms with Crippen LogP contribution in [0.5, 0.6) is 0 Å². The summed E-state index contributed by atoms with van der Waals surface area (Å²) in [4.78, 5) is 10.1. The van der Waals surface area contributed by atoms with E-state index in [2.05, 4.69) is 4.74 Å². The highest BCUT2D eigenvalue weighted by Gasteiger charge is 2.23. The molecule has 0 aromatic heterocycles. The molecule has 1 aliphatic heterocycles. The summed E-state index contributed by atoms with van der Waals surface area (Å²) in [5.74, 6) is 0. The minimum atomic E-state index is -0.319. The zero-order valence-electron chi connectivity index (χ0n) is 4.29. The Balaban J connectivity index is 1.95.